The van der Waals surface area contributed by atoms with Gasteiger partial charge in [-0.1, -0.05) is 12.1 Å². The standard InChI is InChI=1S/C16H14N2O4/c19-18(20)13-7-5-12(6-8-13)9-17-10-14-11-21-15-3-1-2-4-16(15)22-14/h1-9,14H,10-11H2/t14-/m0/s1. The molecule has 22 heavy (non-hydrogen) atoms. The summed E-state index contributed by atoms with van der Waals surface area (Å²) < 4.78 is 11.4. The van der Waals surface area contributed by atoms with Gasteiger partial charge in [0, 0.05) is 18.3 Å². The van der Waals surface area contributed by atoms with Gasteiger partial charge in [0.25, 0.3) is 5.69 Å². The lowest BCUT2D eigenvalue weighted by atomic mass is 10.2. The Morgan fingerprint density at radius 2 is 1.91 bits per heavy atom. The fraction of sp³-hybridized carbons (Fsp3) is 0.188. The Hall–Kier alpha value is -2.89. The molecule has 0 unspecified atom stereocenters. The van der Waals surface area contributed by atoms with Crippen LogP contribution in [0, 0.1) is 10.1 Å². The number of hydrogen-bond acceptors (Lipinski definition) is 5. The smallest absolute Gasteiger partial charge is 0.269 e. The Balaban J connectivity index is 1.58. The summed E-state index contributed by atoms with van der Waals surface area (Å²) in [6.07, 6.45) is 1.54. The molecular weight excluding hydrogens is 284 g/mol. The molecular formula is C16H14N2O4. The van der Waals surface area contributed by atoms with E-state index in [1.165, 1.54) is 12.1 Å². The normalized spacial score (nSPS) is 16.6. The Bertz CT molecular complexity index is 698. The van der Waals surface area contributed by atoms with Gasteiger partial charge in [-0.3, -0.25) is 15.1 Å². The molecule has 1 atom stereocenters. The third kappa shape index (κ3) is 3.22. The predicted molar refractivity (Wildman–Crippen MR) is 81.9 cm³/mol. The molecule has 6 heteroatoms. The van der Waals surface area contributed by atoms with E-state index >= 15 is 0 Å². The Labute approximate surface area is 127 Å². The van der Waals surface area contributed by atoms with Gasteiger partial charge >= 0.3 is 0 Å². The zero-order valence-electron chi connectivity index (χ0n) is 11.7. The first-order chi connectivity index (χ1) is 10.7. The van der Waals surface area contributed by atoms with E-state index in [0.29, 0.717) is 13.2 Å². The number of aliphatic imine (C=N–C) groups is 1. The molecule has 0 spiro atoms. The second kappa shape index (κ2) is 6.26. The molecule has 6 nitrogen and oxygen atoms in total. The largest absolute Gasteiger partial charge is 0.486 e. The molecule has 2 aromatic carbocycles. The van der Waals surface area contributed by atoms with Crippen LogP contribution in [-0.2, 0) is 0 Å². The van der Waals surface area contributed by atoms with E-state index in [4.69, 9.17) is 9.47 Å². The first kappa shape index (κ1) is 14.1. The van der Waals surface area contributed by atoms with Crippen molar-refractivity contribution in [3.8, 4) is 11.5 Å². The first-order valence-electron chi connectivity index (χ1n) is 6.85. The number of nitro groups is 1. The van der Waals surface area contributed by atoms with Crippen molar-refractivity contribution in [3.63, 3.8) is 0 Å². The maximum absolute atomic E-state index is 10.6. The monoisotopic (exact) mass is 298 g/mol. The number of non-ortho nitro benzene ring substituents is 1. The molecule has 0 fully saturated rings. The fourth-order valence-corrected chi connectivity index (χ4v) is 2.11. The van der Waals surface area contributed by atoms with Gasteiger partial charge in [0.2, 0.25) is 0 Å². The minimum Gasteiger partial charge on any atom is -0.486 e. The van der Waals surface area contributed by atoms with Crippen molar-refractivity contribution in [1.29, 1.82) is 0 Å². The first-order valence-corrected chi connectivity index (χ1v) is 6.85. The number of fused-ring (bicyclic) bond motifs is 1. The van der Waals surface area contributed by atoms with Crippen LogP contribution in [0.1, 0.15) is 5.56 Å². The third-order valence-electron chi connectivity index (χ3n) is 3.22. The lowest BCUT2D eigenvalue weighted by Gasteiger charge is -2.25. The van der Waals surface area contributed by atoms with Crippen molar-refractivity contribution in [2.24, 2.45) is 4.99 Å². The van der Waals surface area contributed by atoms with Crippen LogP contribution >= 0.6 is 0 Å². The van der Waals surface area contributed by atoms with Crippen molar-refractivity contribution in [1.82, 2.24) is 0 Å². The van der Waals surface area contributed by atoms with E-state index in [2.05, 4.69) is 4.99 Å². The fourth-order valence-electron chi connectivity index (χ4n) is 2.11. The number of hydrogen-bond donors (Lipinski definition) is 0. The van der Waals surface area contributed by atoms with Gasteiger partial charge in [0.1, 0.15) is 6.61 Å². The van der Waals surface area contributed by atoms with E-state index in [9.17, 15) is 10.1 Å². The van der Waals surface area contributed by atoms with Gasteiger partial charge in [-0.05, 0) is 29.8 Å². The molecule has 0 saturated heterocycles. The molecule has 3 rings (SSSR count). The average molecular weight is 298 g/mol. The highest BCUT2D eigenvalue weighted by atomic mass is 16.6. The molecule has 0 saturated carbocycles. The number of ether oxygens (including phenoxy) is 2. The van der Waals surface area contributed by atoms with E-state index in [1.807, 2.05) is 24.3 Å². The van der Waals surface area contributed by atoms with E-state index < -0.39 is 4.92 Å². The topological polar surface area (TPSA) is 74.0 Å². The average Bonchev–Trinajstić information content (AvgIpc) is 2.55. The summed E-state index contributed by atoms with van der Waals surface area (Å²) in [5.41, 5.74) is 0.875. The van der Waals surface area contributed by atoms with Gasteiger partial charge in [0.05, 0.1) is 11.5 Å². The number of nitrogens with zero attached hydrogens (tertiary/aromatic N) is 2. The summed E-state index contributed by atoms with van der Waals surface area (Å²) >= 11 is 0. The molecule has 0 aliphatic carbocycles. The number of nitro benzene ring substituents is 1. The summed E-state index contributed by atoms with van der Waals surface area (Å²) in [6.45, 7) is 0.917. The number of benzene rings is 2. The van der Waals surface area contributed by atoms with Crippen molar-refractivity contribution in [2.45, 2.75) is 6.10 Å². The lowest BCUT2D eigenvalue weighted by molar-refractivity contribution is -0.384. The molecule has 0 N–H and O–H groups in total. The zero-order valence-corrected chi connectivity index (χ0v) is 11.7. The SMILES string of the molecule is O=[N+]([O-])c1ccc(C=NC[C@H]2COc3ccccc3O2)cc1. The van der Waals surface area contributed by atoms with Gasteiger partial charge in [0.15, 0.2) is 17.6 Å². The van der Waals surface area contributed by atoms with Gasteiger partial charge in [-0.25, -0.2) is 0 Å². The molecule has 2 aromatic rings. The minimum absolute atomic E-state index is 0.0674. The molecule has 0 amide bonds. The molecule has 1 aliphatic heterocycles. The summed E-state index contributed by atoms with van der Waals surface area (Å²) in [7, 11) is 0. The zero-order chi connectivity index (χ0) is 15.4. The van der Waals surface area contributed by atoms with Gasteiger partial charge in [-0.15, -0.1) is 0 Å². The summed E-state index contributed by atoms with van der Waals surface area (Å²) in [5.74, 6) is 1.47. The number of rotatable bonds is 4. The van der Waals surface area contributed by atoms with Crippen molar-refractivity contribution in [3.05, 3.63) is 64.2 Å². The van der Waals surface area contributed by atoms with Crippen LogP contribution in [-0.4, -0.2) is 30.4 Å². The Morgan fingerprint density at radius 3 is 2.64 bits per heavy atom. The molecule has 1 aliphatic rings. The van der Waals surface area contributed by atoms with Crippen molar-refractivity contribution in [2.75, 3.05) is 13.2 Å². The summed E-state index contributed by atoms with van der Waals surface area (Å²) in [4.78, 5) is 14.5. The van der Waals surface area contributed by atoms with Crippen LogP contribution in [0.25, 0.3) is 0 Å². The third-order valence-corrected chi connectivity index (χ3v) is 3.22. The van der Waals surface area contributed by atoms with Crippen LogP contribution in [0.15, 0.2) is 53.5 Å². The predicted octanol–water partition coefficient (Wildman–Crippen LogP) is 2.85. The Kier molecular flexibility index (Phi) is 4.00. The molecule has 1 heterocycles. The highest BCUT2D eigenvalue weighted by Gasteiger charge is 2.19. The van der Waals surface area contributed by atoms with Crippen molar-refractivity contribution >= 4 is 11.9 Å². The Morgan fingerprint density at radius 1 is 1.18 bits per heavy atom. The molecule has 0 radical (unpaired) electrons. The molecule has 0 aromatic heterocycles. The van der Waals surface area contributed by atoms with Crippen LogP contribution < -0.4 is 9.47 Å². The quantitative estimate of drug-likeness (QED) is 0.494. The van der Waals surface area contributed by atoms with Crippen LogP contribution in [0.4, 0.5) is 5.69 Å². The summed E-state index contributed by atoms with van der Waals surface area (Å²) in [6, 6.07) is 13.8. The van der Waals surface area contributed by atoms with E-state index in [1.54, 1.807) is 18.3 Å². The highest BCUT2D eigenvalue weighted by molar-refractivity contribution is 5.79. The molecule has 0 bridgehead atoms. The maximum Gasteiger partial charge on any atom is 0.269 e. The highest BCUT2D eigenvalue weighted by Crippen LogP contribution is 2.30. The lowest BCUT2D eigenvalue weighted by Crippen LogP contribution is -2.31. The van der Waals surface area contributed by atoms with Crippen molar-refractivity contribution < 1.29 is 14.4 Å². The van der Waals surface area contributed by atoms with Crippen LogP contribution in [0.3, 0.4) is 0 Å². The minimum atomic E-state index is -0.425. The maximum atomic E-state index is 10.6. The van der Waals surface area contributed by atoms with Crippen LogP contribution in [0.5, 0.6) is 11.5 Å². The molecule has 112 valence electrons. The van der Waals surface area contributed by atoms with Gasteiger partial charge in [-0.2, -0.15) is 0 Å². The second-order valence-corrected chi connectivity index (χ2v) is 4.84. The van der Waals surface area contributed by atoms with Gasteiger partial charge < -0.3 is 9.47 Å². The van der Waals surface area contributed by atoms with Crippen LogP contribution in [0.2, 0.25) is 0 Å². The van der Waals surface area contributed by atoms with E-state index in [0.717, 1.165) is 17.1 Å². The second-order valence-electron chi connectivity index (χ2n) is 4.84. The number of para-hydroxylation sites is 2. The van der Waals surface area contributed by atoms with E-state index in [-0.39, 0.29) is 11.8 Å². The summed E-state index contributed by atoms with van der Waals surface area (Å²) in [5, 5.41) is 10.6.